The maximum Gasteiger partial charge on any atom is 0.251 e. The van der Waals surface area contributed by atoms with Crippen molar-refractivity contribution in [2.24, 2.45) is 11.1 Å². The van der Waals surface area contributed by atoms with E-state index >= 15 is 0 Å². The van der Waals surface area contributed by atoms with Crippen LogP contribution in [0.1, 0.15) is 50.0 Å². The van der Waals surface area contributed by atoms with E-state index in [2.05, 4.69) is 10.6 Å². The average Bonchev–Trinajstić information content (AvgIpc) is 2.59. The summed E-state index contributed by atoms with van der Waals surface area (Å²) in [7, 11) is 0. The Morgan fingerprint density at radius 2 is 2.00 bits per heavy atom. The van der Waals surface area contributed by atoms with Crippen molar-refractivity contribution >= 4 is 11.8 Å². The molecule has 1 fully saturated rings. The molecule has 2 rings (SSSR count). The van der Waals surface area contributed by atoms with Crippen molar-refractivity contribution in [3.05, 3.63) is 35.4 Å². The molecular formula is C19H29N3O3. The summed E-state index contributed by atoms with van der Waals surface area (Å²) in [5.41, 5.74) is 6.45. The lowest BCUT2D eigenvalue weighted by atomic mass is 9.54. The van der Waals surface area contributed by atoms with Gasteiger partial charge in [0.1, 0.15) is 5.54 Å². The third-order valence-electron chi connectivity index (χ3n) is 5.21. The van der Waals surface area contributed by atoms with Crippen LogP contribution in [0.5, 0.6) is 0 Å². The van der Waals surface area contributed by atoms with Crippen molar-refractivity contribution < 1.29 is 14.3 Å². The van der Waals surface area contributed by atoms with Crippen LogP contribution in [0.25, 0.3) is 0 Å². The van der Waals surface area contributed by atoms with E-state index in [0.29, 0.717) is 31.7 Å². The van der Waals surface area contributed by atoms with Crippen molar-refractivity contribution in [3.63, 3.8) is 0 Å². The summed E-state index contributed by atoms with van der Waals surface area (Å²) in [6, 6.07) is 7.22. The van der Waals surface area contributed by atoms with Gasteiger partial charge < -0.3 is 21.1 Å². The summed E-state index contributed by atoms with van der Waals surface area (Å²) >= 11 is 0. The van der Waals surface area contributed by atoms with Crippen LogP contribution in [-0.2, 0) is 16.1 Å². The number of hydrogen-bond donors (Lipinski definition) is 3. The van der Waals surface area contributed by atoms with Gasteiger partial charge in [0, 0.05) is 37.1 Å². The maximum atomic E-state index is 12.6. The lowest BCUT2D eigenvalue weighted by Crippen LogP contribution is -2.75. The van der Waals surface area contributed by atoms with E-state index < -0.39 is 11.0 Å². The zero-order valence-corrected chi connectivity index (χ0v) is 15.5. The molecule has 0 spiro atoms. The van der Waals surface area contributed by atoms with E-state index in [9.17, 15) is 9.59 Å². The number of nitrogens with two attached hydrogens (primary N) is 1. The number of carbonyl (C=O) groups is 2. The Morgan fingerprint density at radius 1 is 1.28 bits per heavy atom. The number of amides is 2. The number of benzene rings is 1. The Kier molecular flexibility index (Phi) is 5.85. The van der Waals surface area contributed by atoms with E-state index in [-0.39, 0.29) is 17.9 Å². The normalized spacial score (nSPS) is 24.3. The minimum absolute atomic E-state index is 0.00526. The number of nitrogens with one attached hydrogen (secondary N) is 2. The van der Waals surface area contributed by atoms with Gasteiger partial charge in [0.15, 0.2) is 0 Å². The lowest BCUT2D eigenvalue weighted by Gasteiger charge is -2.57. The average molecular weight is 347 g/mol. The second-order valence-corrected chi connectivity index (χ2v) is 7.08. The molecule has 138 valence electrons. The first kappa shape index (κ1) is 19.4. The molecule has 25 heavy (non-hydrogen) atoms. The van der Waals surface area contributed by atoms with Crippen molar-refractivity contribution in [2.45, 2.75) is 52.3 Å². The second-order valence-electron chi connectivity index (χ2n) is 7.08. The SMILES string of the molecule is CCNC(=O)c1cccc(CNC(=O)C2(N)CC(OCC)C2(C)C)c1. The Hall–Kier alpha value is -1.92. The van der Waals surface area contributed by atoms with Crippen LogP contribution >= 0.6 is 0 Å². The fourth-order valence-corrected chi connectivity index (χ4v) is 3.25. The van der Waals surface area contributed by atoms with Crippen molar-refractivity contribution in [1.29, 1.82) is 0 Å². The molecule has 0 radical (unpaired) electrons. The third-order valence-corrected chi connectivity index (χ3v) is 5.21. The largest absolute Gasteiger partial charge is 0.378 e. The van der Waals surface area contributed by atoms with Gasteiger partial charge in [-0.25, -0.2) is 0 Å². The molecule has 1 aromatic rings. The molecule has 1 aromatic carbocycles. The summed E-state index contributed by atoms with van der Waals surface area (Å²) < 4.78 is 5.66. The predicted molar refractivity (Wildman–Crippen MR) is 97.0 cm³/mol. The van der Waals surface area contributed by atoms with E-state index in [0.717, 1.165) is 5.56 Å². The highest BCUT2D eigenvalue weighted by atomic mass is 16.5. The van der Waals surface area contributed by atoms with Gasteiger partial charge in [-0.05, 0) is 31.5 Å². The highest BCUT2D eigenvalue weighted by molar-refractivity contribution is 5.94. The van der Waals surface area contributed by atoms with Crippen LogP contribution in [0.3, 0.4) is 0 Å². The molecule has 0 aliphatic heterocycles. The molecule has 0 bridgehead atoms. The summed E-state index contributed by atoms with van der Waals surface area (Å²) in [5.74, 6) is -0.303. The molecule has 6 nitrogen and oxygen atoms in total. The first-order valence-corrected chi connectivity index (χ1v) is 8.82. The Bertz CT molecular complexity index is 645. The van der Waals surface area contributed by atoms with E-state index in [1.807, 2.05) is 39.8 Å². The molecule has 4 N–H and O–H groups in total. The van der Waals surface area contributed by atoms with Crippen molar-refractivity contribution in [1.82, 2.24) is 10.6 Å². The second kappa shape index (κ2) is 7.54. The summed E-state index contributed by atoms with van der Waals surface area (Å²) in [4.78, 5) is 24.5. The van der Waals surface area contributed by atoms with Crippen molar-refractivity contribution in [2.75, 3.05) is 13.2 Å². The highest BCUT2D eigenvalue weighted by Crippen LogP contribution is 2.49. The molecule has 2 atom stereocenters. The van der Waals surface area contributed by atoms with Gasteiger partial charge in [-0.15, -0.1) is 0 Å². The lowest BCUT2D eigenvalue weighted by molar-refractivity contribution is -0.170. The summed E-state index contributed by atoms with van der Waals surface area (Å²) in [6.45, 7) is 9.26. The van der Waals surface area contributed by atoms with Gasteiger partial charge >= 0.3 is 0 Å². The predicted octanol–water partition coefficient (Wildman–Crippen LogP) is 1.59. The van der Waals surface area contributed by atoms with Gasteiger partial charge in [-0.3, -0.25) is 9.59 Å². The first-order valence-electron chi connectivity index (χ1n) is 8.82. The van der Waals surface area contributed by atoms with Crippen LogP contribution in [0, 0.1) is 5.41 Å². The van der Waals surface area contributed by atoms with Crippen LogP contribution in [0.15, 0.2) is 24.3 Å². The molecular weight excluding hydrogens is 318 g/mol. The summed E-state index contributed by atoms with van der Waals surface area (Å²) in [6.07, 6.45) is 0.507. The fourth-order valence-electron chi connectivity index (χ4n) is 3.25. The number of ether oxygens (including phenoxy) is 1. The van der Waals surface area contributed by atoms with Gasteiger partial charge in [0.05, 0.1) is 6.10 Å². The van der Waals surface area contributed by atoms with E-state index in [1.54, 1.807) is 12.1 Å². The van der Waals surface area contributed by atoms with Gasteiger partial charge in [-0.2, -0.15) is 0 Å². The molecule has 1 aliphatic carbocycles. The van der Waals surface area contributed by atoms with Gasteiger partial charge in [0.25, 0.3) is 5.91 Å². The quantitative estimate of drug-likeness (QED) is 0.698. The Labute approximate surface area is 149 Å². The summed E-state index contributed by atoms with van der Waals surface area (Å²) in [5, 5.41) is 5.67. The van der Waals surface area contributed by atoms with Crippen molar-refractivity contribution in [3.8, 4) is 0 Å². The fraction of sp³-hybridized carbons (Fsp3) is 0.579. The number of carbonyl (C=O) groups excluding carboxylic acids is 2. The monoisotopic (exact) mass is 347 g/mol. The maximum absolute atomic E-state index is 12.6. The van der Waals surface area contributed by atoms with Crippen LogP contribution in [0.2, 0.25) is 0 Å². The molecule has 0 saturated heterocycles. The Morgan fingerprint density at radius 3 is 2.60 bits per heavy atom. The van der Waals surface area contributed by atoms with Crippen LogP contribution < -0.4 is 16.4 Å². The van der Waals surface area contributed by atoms with E-state index in [1.165, 1.54) is 0 Å². The minimum Gasteiger partial charge on any atom is -0.378 e. The zero-order valence-electron chi connectivity index (χ0n) is 15.5. The molecule has 0 heterocycles. The number of hydrogen-bond acceptors (Lipinski definition) is 4. The van der Waals surface area contributed by atoms with Gasteiger partial charge in [-0.1, -0.05) is 26.0 Å². The van der Waals surface area contributed by atoms with Gasteiger partial charge in [0.2, 0.25) is 5.91 Å². The highest BCUT2D eigenvalue weighted by Gasteiger charge is 2.62. The molecule has 2 amide bonds. The third kappa shape index (κ3) is 3.70. The first-order chi connectivity index (χ1) is 11.8. The number of rotatable bonds is 7. The zero-order chi connectivity index (χ0) is 18.7. The minimum atomic E-state index is -0.940. The topological polar surface area (TPSA) is 93.5 Å². The molecule has 1 aliphatic rings. The molecule has 1 saturated carbocycles. The Balaban J connectivity index is 1.99. The smallest absolute Gasteiger partial charge is 0.251 e. The standard InChI is InChI=1S/C19H29N3O3/c1-5-21-16(23)14-9-7-8-13(10-14)12-22-17(24)19(20)11-15(25-6-2)18(19,3)4/h7-10,15H,5-6,11-12,20H2,1-4H3,(H,21,23)(H,22,24). The van der Waals surface area contributed by atoms with Crippen LogP contribution in [-0.4, -0.2) is 36.6 Å². The molecule has 0 aromatic heterocycles. The van der Waals surface area contributed by atoms with E-state index in [4.69, 9.17) is 10.5 Å². The molecule has 2 unspecified atom stereocenters. The molecule has 6 heteroatoms. The van der Waals surface area contributed by atoms with Crippen LogP contribution in [0.4, 0.5) is 0 Å².